The summed E-state index contributed by atoms with van der Waals surface area (Å²) < 4.78 is 0. The SMILES string of the molecule is N#CC1CCCC(C2CCCC(C(N)NC(NC3CCCCC3)C3CCCC(C4CCCC(C#N)C4)C3)C2)C1. The quantitative estimate of drug-likeness (QED) is 0.282. The highest BCUT2D eigenvalue weighted by atomic mass is 15.2. The third kappa shape index (κ3) is 7.99. The molecule has 10 unspecified atom stereocenters. The molecule has 0 aromatic carbocycles. The summed E-state index contributed by atoms with van der Waals surface area (Å²) in [5.74, 6) is 4.81. The molecule has 0 bridgehead atoms. The Morgan fingerprint density at radius 3 is 1.59 bits per heavy atom. The van der Waals surface area contributed by atoms with E-state index in [1.807, 2.05) is 0 Å². The van der Waals surface area contributed by atoms with Gasteiger partial charge in [-0.2, -0.15) is 10.5 Å². The summed E-state index contributed by atoms with van der Waals surface area (Å²) in [5, 5.41) is 27.3. The smallest absolute Gasteiger partial charge is 0.0655 e. The van der Waals surface area contributed by atoms with Gasteiger partial charge in [0, 0.05) is 17.9 Å². The van der Waals surface area contributed by atoms with Crippen LogP contribution in [0.15, 0.2) is 0 Å². The molecule has 10 atom stereocenters. The summed E-state index contributed by atoms with van der Waals surface area (Å²) in [6.45, 7) is 0. The molecular formula is C34H57N5. The van der Waals surface area contributed by atoms with Crippen molar-refractivity contribution in [1.29, 1.82) is 10.5 Å². The van der Waals surface area contributed by atoms with Crippen molar-refractivity contribution in [3.05, 3.63) is 0 Å². The summed E-state index contributed by atoms with van der Waals surface area (Å²) >= 11 is 0. The number of nitriles is 2. The first kappa shape index (κ1) is 29.4. The van der Waals surface area contributed by atoms with Gasteiger partial charge in [-0.1, -0.05) is 70.6 Å². The van der Waals surface area contributed by atoms with Crippen LogP contribution in [0.2, 0.25) is 0 Å². The average molecular weight is 536 g/mol. The van der Waals surface area contributed by atoms with Gasteiger partial charge < -0.3 is 5.73 Å². The molecule has 0 aromatic heterocycles. The van der Waals surface area contributed by atoms with Crippen LogP contribution in [0.25, 0.3) is 0 Å². The first-order chi connectivity index (χ1) is 19.1. The lowest BCUT2D eigenvalue weighted by Gasteiger charge is -2.44. The second-order valence-electron chi connectivity index (χ2n) is 14.6. The maximum absolute atomic E-state index is 9.58. The van der Waals surface area contributed by atoms with Crippen molar-refractivity contribution in [2.45, 2.75) is 153 Å². The van der Waals surface area contributed by atoms with E-state index in [4.69, 9.17) is 5.73 Å². The van der Waals surface area contributed by atoms with Crippen LogP contribution in [-0.2, 0) is 0 Å². The Morgan fingerprint density at radius 1 is 0.538 bits per heavy atom. The molecule has 0 saturated heterocycles. The highest BCUT2D eigenvalue weighted by Crippen LogP contribution is 2.44. The number of hydrogen-bond donors (Lipinski definition) is 3. The first-order valence-corrected chi connectivity index (χ1v) is 17.2. The van der Waals surface area contributed by atoms with Crippen LogP contribution in [0.5, 0.6) is 0 Å². The van der Waals surface area contributed by atoms with Gasteiger partial charge in [0.15, 0.2) is 0 Å². The summed E-state index contributed by atoms with van der Waals surface area (Å²) in [5.41, 5.74) is 7.08. The molecule has 0 amide bonds. The zero-order chi connectivity index (χ0) is 27.0. The molecule has 5 nitrogen and oxygen atoms in total. The van der Waals surface area contributed by atoms with Gasteiger partial charge in [-0.3, -0.25) is 10.6 Å². The van der Waals surface area contributed by atoms with Gasteiger partial charge in [0.25, 0.3) is 0 Å². The van der Waals surface area contributed by atoms with Crippen LogP contribution in [0.4, 0.5) is 0 Å². The molecule has 0 aliphatic heterocycles. The van der Waals surface area contributed by atoms with Gasteiger partial charge in [-0.15, -0.1) is 0 Å². The van der Waals surface area contributed by atoms with E-state index in [1.165, 1.54) is 109 Å². The van der Waals surface area contributed by atoms with Crippen LogP contribution >= 0.6 is 0 Å². The first-order valence-electron chi connectivity index (χ1n) is 17.2. The fraction of sp³-hybridized carbons (Fsp3) is 0.941. The number of nitrogens with zero attached hydrogens (tertiary/aromatic N) is 2. The number of nitrogens with one attached hydrogen (secondary N) is 2. The van der Waals surface area contributed by atoms with E-state index in [-0.39, 0.29) is 12.1 Å². The molecule has 0 radical (unpaired) electrons. The standard InChI is InChI=1S/C34H57N5/c35-22-24-8-4-10-26(18-24)28-12-6-14-30(20-28)33(37)39-34(38-32-16-2-1-3-17-32)31-15-7-13-29(21-31)27-11-5-9-25(19-27)23-36/h24-34,38-39H,1-21,37H2. The molecule has 5 rings (SSSR count). The fourth-order valence-corrected chi connectivity index (χ4v) is 9.75. The van der Waals surface area contributed by atoms with Gasteiger partial charge in [0.05, 0.1) is 24.5 Å². The molecule has 5 aliphatic rings. The van der Waals surface area contributed by atoms with Crippen molar-refractivity contribution in [3.8, 4) is 12.1 Å². The van der Waals surface area contributed by atoms with Crippen LogP contribution in [0, 0.1) is 70.0 Å². The zero-order valence-corrected chi connectivity index (χ0v) is 24.7. The summed E-state index contributed by atoms with van der Waals surface area (Å²) in [7, 11) is 0. The van der Waals surface area contributed by atoms with Crippen molar-refractivity contribution < 1.29 is 0 Å². The Morgan fingerprint density at radius 2 is 1.03 bits per heavy atom. The van der Waals surface area contributed by atoms with Crippen LogP contribution < -0.4 is 16.4 Å². The third-order valence-electron chi connectivity index (χ3n) is 12.0. The third-order valence-corrected chi connectivity index (χ3v) is 12.0. The monoisotopic (exact) mass is 535 g/mol. The van der Waals surface area contributed by atoms with Crippen LogP contribution in [-0.4, -0.2) is 18.4 Å². The fourth-order valence-electron chi connectivity index (χ4n) is 9.75. The van der Waals surface area contributed by atoms with Gasteiger partial charge >= 0.3 is 0 Å². The summed E-state index contributed by atoms with van der Waals surface area (Å²) in [6.07, 6.45) is 27.2. The lowest BCUT2D eigenvalue weighted by molar-refractivity contribution is 0.0889. The maximum atomic E-state index is 9.58. The normalized spacial score (nSPS) is 40.2. The molecular weight excluding hydrogens is 478 g/mol. The van der Waals surface area contributed by atoms with Crippen LogP contribution in [0.1, 0.15) is 135 Å². The van der Waals surface area contributed by atoms with E-state index >= 15 is 0 Å². The molecule has 5 fully saturated rings. The summed E-state index contributed by atoms with van der Waals surface area (Å²) in [4.78, 5) is 0. The van der Waals surface area contributed by atoms with E-state index in [9.17, 15) is 10.5 Å². The van der Waals surface area contributed by atoms with Crippen molar-refractivity contribution in [1.82, 2.24) is 10.6 Å². The Balaban J connectivity index is 1.22. The van der Waals surface area contributed by atoms with Gasteiger partial charge in [-0.05, 0) is 99.7 Å². The second-order valence-corrected chi connectivity index (χ2v) is 14.6. The molecule has 218 valence electrons. The molecule has 5 aliphatic carbocycles. The Kier molecular flexibility index (Phi) is 11.0. The number of rotatable bonds is 8. The van der Waals surface area contributed by atoms with E-state index in [0.29, 0.717) is 30.0 Å². The van der Waals surface area contributed by atoms with Crippen molar-refractivity contribution in [2.75, 3.05) is 0 Å². The molecule has 0 aromatic rings. The molecule has 0 heterocycles. The van der Waals surface area contributed by atoms with Gasteiger partial charge in [-0.25, -0.2) is 0 Å². The minimum Gasteiger partial charge on any atom is -0.316 e. The molecule has 39 heavy (non-hydrogen) atoms. The minimum absolute atomic E-state index is 0.0577. The zero-order valence-electron chi connectivity index (χ0n) is 24.7. The minimum atomic E-state index is 0.0577. The molecule has 4 N–H and O–H groups in total. The van der Waals surface area contributed by atoms with Crippen molar-refractivity contribution in [2.24, 2.45) is 53.1 Å². The largest absolute Gasteiger partial charge is 0.316 e. The van der Waals surface area contributed by atoms with Crippen molar-refractivity contribution >= 4 is 0 Å². The highest BCUT2D eigenvalue weighted by molar-refractivity contribution is 4.95. The molecule has 5 saturated carbocycles. The number of hydrogen-bond acceptors (Lipinski definition) is 5. The predicted octanol–water partition coefficient (Wildman–Crippen LogP) is 7.38. The van der Waals surface area contributed by atoms with Crippen molar-refractivity contribution in [3.63, 3.8) is 0 Å². The molecule has 5 heteroatoms. The van der Waals surface area contributed by atoms with E-state index in [0.717, 1.165) is 49.4 Å². The maximum Gasteiger partial charge on any atom is 0.0655 e. The second kappa shape index (κ2) is 14.7. The number of nitrogens with two attached hydrogens (primary N) is 1. The Bertz CT molecular complexity index is 824. The van der Waals surface area contributed by atoms with E-state index in [2.05, 4.69) is 22.8 Å². The van der Waals surface area contributed by atoms with E-state index < -0.39 is 0 Å². The van der Waals surface area contributed by atoms with E-state index in [1.54, 1.807) is 0 Å². The average Bonchev–Trinajstić information content (AvgIpc) is 3.01. The topological polar surface area (TPSA) is 97.7 Å². The Hall–Kier alpha value is -1.14. The lowest BCUT2D eigenvalue weighted by atomic mass is 9.67. The highest BCUT2D eigenvalue weighted by Gasteiger charge is 2.38. The lowest BCUT2D eigenvalue weighted by Crippen LogP contribution is -2.60. The Labute approximate surface area is 239 Å². The van der Waals surface area contributed by atoms with Gasteiger partial charge in [0.1, 0.15) is 0 Å². The summed E-state index contributed by atoms with van der Waals surface area (Å²) in [6, 6.07) is 5.81. The molecule has 0 spiro atoms. The van der Waals surface area contributed by atoms with Crippen LogP contribution in [0.3, 0.4) is 0 Å². The van der Waals surface area contributed by atoms with Gasteiger partial charge in [0.2, 0.25) is 0 Å². The predicted molar refractivity (Wildman–Crippen MR) is 158 cm³/mol.